The molecule has 0 aliphatic carbocycles. The molecule has 0 saturated heterocycles. The molecule has 2 aromatic carbocycles. The predicted molar refractivity (Wildman–Crippen MR) is 157 cm³/mol. The van der Waals surface area contributed by atoms with Gasteiger partial charge in [0.2, 0.25) is 0 Å². The van der Waals surface area contributed by atoms with E-state index in [0.717, 1.165) is 37.3 Å². The molecule has 6 heteroatoms. The molecule has 210 valence electrons. The summed E-state index contributed by atoms with van der Waals surface area (Å²) in [5.41, 5.74) is 1.73. The molecule has 3 rings (SSSR count). The van der Waals surface area contributed by atoms with Gasteiger partial charge in [0.15, 0.2) is 12.4 Å². The van der Waals surface area contributed by atoms with Crippen molar-refractivity contribution in [2.24, 2.45) is 0 Å². The van der Waals surface area contributed by atoms with Crippen molar-refractivity contribution in [2.75, 3.05) is 32.2 Å². The number of carbonyl (C=O) groups excluding carboxylic acids is 1. The maximum atomic E-state index is 12.5. The van der Waals surface area contributed by atoms with Crippen LogP contribution in [-0.4, -0.2) is 33.3 Å². The van der Waals surface area contributed by atoms with E-state index in [9.17, 15) is 4.79 Å². The van der Waals surface area contributed by atoms with Crippen LogP contribution < -0.4 is 23.7 Å². The number of anilines is 1. The highest BCUT2D eigenvalue weighted by Gasteiger charge is 2.09. The first-order valence-electron chi connectivity index (χ1n) is 14.4. The number of nitrogens with zero attached hydrogens (tertiary/aromatic N) is 2. The Morgan fingerprint density at radius 3 is 1.77 bits per heavy atom. The van der Waals surface area contributed by atoms with Crippen LogP contribution in [0.15, 0.2) is 73.1 Å². The number of hydrogen-bond donors (Lipinski definition) is 0. The molecule has 0 saturated carbocycles. The molecule has 3 aromatic rings. The molecule has 0 N–H and O–H groups in total. The molecule has 0 radical (unpaired) electrons. The average Bonchev–Trinajstić information content (AvgIpc) is 2.95. The zero-order valence-corrected chi connectivity index (χ0v) is 23.9. The fourth-order valence-electron chi connectivity index (χ4n) is 4.16. The Kier molecular flexibility index (Phi) is 13.2. The van der Waals surface area contributed by atoms with Gasteiger partial charge in [-0.3, -0.25) is 0 Å². The molecule has 1 heterocycles. The second-order valence-corrected chi connectivity index (χ2v) is 10.1. The van der Waals surface area contributed by atoms with Gasteiger partial charge in [-0.05, 0) is 67.8 Å². The van der Waals surface area contributed by atoms with Crippen molar-refractivity contribution in [3.8, 4) is 17.2 Å². The molecule has 0 bridgehead atoms. The highest BCUT2D eigenvalue weighted by Crippen LogP contribution is 2.20. The number of aromatic nitrogens is 1. The van der Waals surface area contributed by atoms with Crippen LogP contribution in [0.4, 0.5) is 5.69 Å². The molecular weight excluding hydrogens is 488 g/mol. The fraction of sp³-hybridized carbons (Fsp3) is 0.455. The van der Waals surface area contributed by atoms with E-state index in [-0.39, 0.29) is 5.97 Å². The van der Waals surface area contributed by atoms with E-state index in [1.54, 1.807) is 24.3 Å². The van der Waals surface area contributed by atoms with E-state index in [0.29, 0.717) is 24.5 Å². The molecule has 0 atom stereocenters. The van der Waals surface area contributed by atoms with Crippen LogP contribution in [-0.2, 0) is 6.54 Å². The highest BCUT2D eigenvalue weighted by atomic mass is 16.5. The topological polar surface area (TPSA) is 51.9 Å². The summed E-state index contributed by atoms with van der Waals surface area (Å²) < 4.78 is 19.2. The molecule has 0 spiro atoms. The number of aryl methyl sites for hydroxylation is 1. The van der Waals surface area contributed by atoms with Crippen LogP contribution >= 0.6 is 0 Å². The quantitative estimate of drug-likeness (QED) is 0.0746. The molecule has 39 heavy (non-hydrogen) atoms. The van der Waals surface area contributed by atoms with Gasteiger partial charge in [-0.1, -0.05) is 39.0 Å². The monoisotopic (exact) mass is 533 g/mol. The summed E-state index contributed by atoms with van der Waals surface area (Å²) in [5, 5.41) is 0. The van der Waals surface area contributed by atoms with Crippen molar-refractivity contribution >= 4 is 11.7 Å². The number of esters is 1. The van der Waals surface area contributed by atoms with Gasteiger partial charge in [-0.25, -0.2) is 9.36 Å². The minimum Gasteiger partial charge on any atom is -0.494 e. The Hall–Kier alpha value is -3.54. The van der Waals surface area contributed by atoms with Gasteiger partial charge >= 0.3 is 5.97 Å². The lowest BCUT2D eigenvalue weighted by Gasteiger charge is -2.10. The lowest BCUT2D eigenvalue weighted by atomic mass is 10.1. The number of ether oxygens (including phenoxy) is 3. The predicted octanol–water partition coefficient (Wildman–Crippen LogP) is 7.25. The first-order chi connectivity index (χ1) is 19.0. The van der Waals surface area contributed by atoms with E-state index in [1.165, 1.54) is 44.2 Å². The minimum atomic E-state index is -0.387. The van der Waals surface area contributed by atoms with Crippen LogP contribution in [0.2, 0.25) is 0 Å². The average molecular weight is 534 g/mol. The summed E-state index contributed by atoms with van der Waals surface area (Å²) >= 11 is 0. The first kappa shape index (κ1) is 30.0. The van der Waals surface area contributed by atoms with E-state index in [4.69, 9.17) is 14.2 Å². The summed E-state index contributed by atoms with van der Waals surface area (Å²) in [6.45, 7) is 4.59. The molecule has 6 nitrogen and oxygen atoms in total. The number of pyridine rings is 1. The summed E-state index contributed by atoms with van der Waals surface area (Å²) in [4.78, 5) is 14.6. The van der Waals surface area contributed by atoms with E-state index < -0.39 is 0 Å². The van der Waals surface area contributed by atoms with E-state index in [2.05, 4.69) is 55.0 Å². The van der Waals surface area contributed by atoms with Crippen LogP contribution in [0.3, 0.4) is 0 Å². The molecular formula is C33H45N2O4+. The van der Waals surface area contributed by atoms with Crippen molar-refractivity contribution < 1.29 is 23.6 Å². The number of rotatable bonds is 18. The second-order valence-electron chi connectivity index (χ2n) is 10.1. The smallest absolute Gasteiger partial charge is 0.343 e. The number of carbonyl (C=O) groups is 1. The number of unbranched alkanes of at least 4 members (excludes halogenated alkanes) is 7. The van der Waals surface area contributed by atoms with Crippen LogP contribution in [0, 0.1) is 0 Å². The van der Waals surface area contributed by atoms with Gasteiger partial charge in [0.05, 0.1) is 18.8 Å². The van der Waals surface area contributed by atoms with Crippen molar-refractivity contribution in [1.82, 2.24) is 0 Å². The normalized spacial score (nSPS) is 10.7. The molecule has 1 aromatic heterocycles. The summed E-state index contributed by atoms with van der Waals surface area (Å²) in [7, 11) is 4.13. The first-order valence-corrected chi connectivity index (χ1v) is 14.4. The SMILES string of the molecule is CCCCOc1ccc(OC(=O)c2ccc(OCCCCCCCCC[n+]3ccc(N(C)C)cc3)cc2)cc1. The number of benzene rings is 2. The lowest BCUT2D eigenvalue weighted by molar-refractivity contribution is -0.697. The van der Waals surface area contributed by atoms with Crippen LogP contribution in [0.1, 0.15) is 75.1 Å². The lowest BCUT2D eigenvalue weighted by Crippen LogP contribution is -2.32. The third-order valence-electron chi connectivity index (χ3n) is 6.61. The second kappa shape index (κ2) is 17.1. The Bertz CT molecular complexity index is 1080. The van der Waals surface area contributed by atoms with Crippen LogP contribution in [0.25, 0.3) is 0 Å². The summed E-state index contributed by atoms with van der Waals surface area (Å²) in [6.07, 6.45) is 14.9. The van der Waals surface area contributed by atoms with Crippen molar-refractivity contribution in [2.45, 2.75) is 71.3 Å². The number of hydrogen-bond acceptors (Lipinski definition) is 5. The minimum absolute atomic E-state index is 0.387. The van der Waals surface area contributed by atoms with E-state index in [1.807, 2.05) is 24.3 Å². The third-order valence-corrected chi connectivity index (χ3v) is 6.61. The summed E-state index contributed by atoms with van der Waals surface area (Å²) in [5.74, 6) is 1.66. The molecule has 0 unspecified atom stereocenters. The Morgan fingerprint density at radius 1 is 0.667 bits per heavy atom. The Balaban J connectivity index is 1.22. The molecule has 0 aliphatic heterocycles. The van der Waals surface area contributed by atoms with Crippen molar-refractivity contribution in [3.05, 3.63) is 78.6 Å². The van der Waals surface area contributed by atoms with Gasteiger partial charge < -0.3 is 19.1 Å². The van der Waals surface area contributed by atoms with Crippen molar-refractivity contribution in [3.63, 3.8) is 0 Å². The van der Waals surface area contributed by atoms with Gasteiger partial charge in [0.1, 0.15) is 23.8 Å². The Labute approximate surface area is 234 Å². The standard InChI is InChI=1S/C33H45N2O4/c1-4-5-26-37-31-17-19-32(20-18-31)39-33(36)28-13-15-30(16-14-28)38-27-12-10-8-6-7-9-11-23-35-24-21-29(22-25-35)34(2)3/h13-22,24-25H,4-12,23,26-27H2,1-3H3/q+1. The third kappa shape index (κ3) is 11.4. The molecule has 0 fully saturated rings. The Morgan fingerprint density at radius 2 is 1.18 bits per heavy atom. The fourth-order valence-corrected chi connectivity index (χ4v) is 4.16. The molecule has 0 amide bonds. The van der Waals surface area contributed by atoms with Gasteiger partial charge in [-0.15, -0.1) is 0 Å². The van der Waals surface area contributed by atoms with Gasteiger partial charge in [0, 0.05) is 38.3 Å². The zero-order valence-electron chi connectivity index (χ0n) is 23.9. The zero-order chi connectivity index (χ0) is 27.7. The highest BCUT2D eigenvalue weighted by molar-refractivity contribution is 5.91. The summed E-state index contributed by atoms with van der Waals surface area (Å²) in [6, 6.07) is 18.6. The maximum absolute atomic E-state index is 12.5. The maximum Gasteiger partial charge on any atom is 0.343 e. The van der Waals surface area contributed by atoms with Crippen LogP contribution in [0.5, 0.6) is 17.2 Å². The van der Waals surface area contributed by atoms with E-state index >= 15 is 0 Å². The van der Waals surface area contributed by atoms with Crippen molar-refractivity contribution in [1.29, 1.82) is 0 Å². The largest absolute Gasteiger partial charge is 0.494 e. The molecule has 0 aliphatic rings. The van der Waals surface area contributed by atoms with Gasteiger partial charge in [-0.2, -0.15) is 0 Å². The van der Waals surface area contributed by atoms with Gasteiger partial charge in [0.25, 0.3) is 0 Å².